The van der Waals surface area contributed by atoms with E-state index >= 15 is 0 Å². The summed E-state index contributed by atoms with van der Waals surface area (Å²) in [5.41, 5.74) is 2.02. The molecule has 2 aromatic carbocycles. The van der Waals surface area contributed by atoms with Crippen LogP contribution in [0, 0.1) is 6.92 Å². The Morgan fingerprint density at radius 3 is 2.69 bits per heavy atom. The van der Waals surface area contributed by atoms with E-state index in [4.69, 9.17) is 4.74 Å². The van der Waals surface area contributed by atoms with Crippen molar-refractivity contribution in [2.75, 3.05) is 7.11 Å². The fraction of sp³-hybridized carbons (Fsp3) is 0.217. The number of methoxy groups -OCH3 is 1. The Labute approximate surface area is 178 Å². The molecule has 0 aliphatic rings. The molecule has 2 aromatic heterocycles. The highest BCUT2D eigenvalue weighted by atomic mass is 32.1. The highest BCUT2D eigenvalue weighted by Crippen LogP contribution is 2.29. The van der Waals surface area contributed by atoms with Crippen molar-refractivity contribution in [1.82, 2.24) is 10.3 Å². The van der Waals surface area contributed by atoms with Crippen molar-refractivity contribution < 1.29 is 9.53 Å². The van der Waals surface area contributed by atoms with Crippen LogP contribution in [0.5, 0.6) is 5.75 Å². The molecule has 1 unspecified atom stereocenters. The lowest BCUT2D eigenvalue weighted by atomic mass is 9.97. The SMILES string of the molecule is COc1ccc2cc(C(C)C(=O)NCc3ccc(-c4csc(C)n4)s3)ccc2c1. The van der Waals surface area contributed by atoms with Gasteiger partial charge in [0.05, 0.1) is 35.2 Å². The van der Waals surface area contributed by atoms with E-state index in [2.05, 4.69) is 33.9 Å². The molecule has 4 rings (SSSR count). The van der Waals surface area contributed by atoms with Gasteiger partial charge in [0.2, 0.25) is 5.91 Å². The third kappa shape index (κ3) is 4.33. The molecule has 0 bridgehead atoms. The second kappa shape index (κ2) is 8.35. The number of ether oxygens (including phenoxy) is 1. The summed E-state index contributed by atoms with van der Waals surface area (Å²) < 4.78 is 5.28. The summed E-state index contributed by atoms with van der Waals surface area (Å²) in [6, 6.07) is 16.2. The Balaban J connectivity index is 1.42. The largest absolute Gasteiger partial charge is 0.497 e. The van der Waals surface area contributed by atoms with Crippen molar-refractivity contribution in [3.63, 3.8) is 0 Å². The smallest absolute Gasteiger partial charge is 0.227 e. The Morgan fingerprint density at radius 2 is 1.93 bits per heavy atom. The standard InChI is InChI=1S/C23H22N2O2S2/c1-14(16-4-5-18-11-19(27-3)7-6-17(18)10-16)23(26)24-12-20-8-9-22(29-20)21-13-28-15(2)25-21/h4-11,13-14H,12H2,1-3H3,(H,24,26). The molecule has 0 saturated heterocycles. The first-order chi connectivity index (χ1) is 14.0. The molecule has 0 radical (unpaired) electrons. The number of nitrogens with one attached hydrogen (secondary N) is 1. The third-order valence-electron chi connectivity index (χ3n) is 4.93. The van der Waals surface area contributed by atoms with E-state index in [1.807, 2.05) is 44.2 Å². The Morgan fingerprint density at radius 1 is 1.14 bits per heavy atom. The molecule has 0 aliphatic carbocycles. The van der Waals surface area contributed by atoms with Gasteiger partial charge >= 0.3 is 0 Å². The van der Waals surface area contributed by atoms with Gasteiger partial charge in [-0.25, -0.2) is 4.98 Å². The number of hydrogen-bond acceptors (Lipinski definition) is 5. The minimum atomic E-state index is -0.220. The number of nitrogens with zero attached hydrogens (tertiary/aromatic N) is 1. The second-order valence-electron chi connectivity index (χ2n) is 6.93. The fourth-order valence-electron chi connectivity index (χ4n) is 3.20. The van der Waals surface area contributed by atoms with E-state index in [0.29, 0.717) is 6.54 Å². The number of carbonyl (C=O) groups excluding carboxylic acids is 1. The molecular formula is C23H22N2O2S2. The van der Waals surface area contributed by atoms with Crippen molar-refractivity contribution in [1.29, 1.82) is 0 Å². The highest BCUT2D eigenvalue weighted by molar-refractivity contribution is 7.16. The lowest BCUT2D eigenvalue weighted by Gasteiger charge is -2.13. The lowest BCUT2D eigenvalue weighted by Crippen LogP contribution is -2.27. The lowest BCUT2D eigenvalue weighted by molar-refractivity contribution is -0.122. The second-order valence-corrected chi connectivity index (χ2v) is 9.16. The van der Waals surface area contributed by atoms with Gasteiger partial charge in [-0.3, -0.25) is 4.79 Å². The number of aromatic nitrogens is 1. The van der Waals surface area contributed by atoms with E-state index in [0.717, 1.165) is 42.5 Å². The van der Waals surface area contributed by atoms with Crippen molar-refractivity contribution in [3.05, 3.63) is 69.4 Å². The van der Waals surface area contributed by atoms with Crippen LogP contribution in [0.15, 0.2) is 53.9 Å². The summed E-state index contributed by atoms with van der Waals surface area (Å²) >= 11 is 3.32. The monoisotopic (exact) mass is 422 g/mol. The minimum absolute atomic E-state index is 0.0253. The van der Waals surface area contributed by atoms with Crippen LogP contribution in [0.3, 0.4) is 0 Å². The number of hydrogen-bond donors (Lipinski definition) is 1. The van der Waals surface area contributed by atoms with Crippen LogP contribution in [-0.4, -0.2) is 18.0 Å². The number of rotatable bonds is 6. The third-order valence-corrected chi connectivity index (χ3v) is 6.82. The average Bonchev–Trinajstić information content (AvgIpc) is 3.39. The zero-order chi connectivity index (χ0) is 20.4. The van der Waals surface area contributed by atoms with E-state index in [1.165, 1.54) is 0 Å². The summed E-state index contributed by atoms with van der Waals surface area (Å²) in [7, 11) is 1.66. The van der Waals surface area contributed by atoms with Gasteiger partial charge in [0.15, 0.2) is 0 Å². The van der Waals surface area contributed by atoms with Gasteiger partial charge in [-0.1, -0.05) is 24.3 Å². The molecule has 6 heteroatoms. The van der Waals surface area contributed by atoms with Gasteiger partial charge < -0.3 is 10.1 Å². The average molecular weight is 423 g/mol. The summed E-state index contributed by atoms with van der Waals surface area (Å²) in [6.07, 6.45) is 0. The van der Waals surface area contributed by atoms with Crippen LogP contribution < -0.4 is 10.1 Å². The van der Waals surface area contributed by atoms with Crippen LogP contribution in [0.1, 0.15) is 28.3 Å². The van der Waals surface area contributed by atoms with Crippen LogP contribution in [0.4, 0.5) is 0 Å². The summed E-state index contributed by atoms with van der Waals surface area (Å²) in [4.78, 5) is 19.5. The van der Waals surface area contributed by atoms with Gasteiger partial charge in [-0.05, 0) is 54.4 Å². The van der Waals surface area contributed by atoms with E-state index in [9.17, 15) is 4.79 Å². The van der Waals surface area contributed by atoms with Crippen LogP contribution >= 0.6 is 22.7 Å². The Hall–Kier alpha value is -2.70. The molecule has 1 N–H and O–H groups in total. The normalized spacial score (nSPS) is 12.1. The van der Waals surface area contributed by atoms with Crippen molar-refractivity contribution in [2.24, 2.45) is 0 Å². The molecule has 0 spiro atoms. The molecule has 0 aliphatic heterocycles. The number of aryl methyl sites for hydroxylation is 1. The van der Waals surface area contributed by atoms with Gasteiger partial charge in [0.25, 0.3) is 0 Å². The Kier molecular flexibility index (Phi) is 5.65. The van der Waals surface area contributed by atoms with E-state index in [-0.39, 0.29) is 11.8 Å². The first kappa shape index (κ1) is 19.6. The zero-order valence-electron chi connectivity index (χ0n) is 16.6. The molecule has 1 amide bonds. The van der Waals surface area contributed by atoms with Crippen LogP contribution in [0.25, 0.3) is 21.3 Å². The van der Waals surface area contributed by atoms with Gasteiger partial charge in [0, 0.05) is 10.3 Å². The van der Waals surface area contributed by atoms with Gasteiger partial charge in [-0.2, -0.15) is 0 Å². The van der Waals surface area contributed by atoms with Gasteiger partial charge in [0.1, 0.15) is 5.75 Å². The maximum absolute atomic E-state index is 12.7. The first-order valence-corrected chi connectivity index (χ1v) is 11.1. The summed E-state index contributed by atoms with van der Waals surface area (Å²) in [5.74, 6) is 0.638. The van der Waals surface area contributed by atoms with Crippen molar-refractivity contribution in [2.45, 2.75) is 26.3 Å². The Bertz CT molecular complexity index is 1160. The van der Waals surface area contributed by atoms with Crippen LogP contribution in [-0.2, 0) is 11.3 Å². The fourth-order valence-corrected chi connectivity index (χ4v) is 4.80. The number of fused-ring (bicyclic) bond motifs is 1. The number of benzene rings is 2. The topological polar surface area (TPSA) is 51.2 Å². The molecular weight excluding hydrogens is 400 g/mol. The minimum Gasteiger partial charge on any atom is -0.497 e. The number of carbonyl (C=O) groups is 1. The number of thiophene rings is 1. The molecule has 148 valence electrons. The van der Waals surface area contributed by atoms with Crippen LogP contribution in [0.2, 0.25) is 0 Å². The molecule has 1 atom stereocenters. The molecule has 4 nitrogen and oxygen atoms in total. The van der Waals surface area contributed by atoms with E-state index in [1.54, 1.807) is 29.8 Å². The molecule has 0 fully saturated rings. The van der Waals surface area contributed by atoms with Gasteiger partial charge in [-0.15, -0.1) is 22.7 Å². The predicted octanol–water partition coefficient (Wildman–Crippen LogP) is 5.76. The first-order valence-electron chi connectivity index (χ1n) is 9.40. The summed E-state index contributed by atoms with van der Waals surface area (Å²) in [5, 5.41) is 8.40. The molecule has 2 heterocycles. The highest BCUT2D eigenvalue weighted by Gasteiger charge is 2.16. The molecule has 4 aromatic rings. The zero-order valence-corrected chi connectivity index (χ0v) is 18.2. The number of thiazole rings is 1. The quantitative estimate of drug-likeness (QED) is 0.430. The molecule has 0 saturated carbocycles. The maximum atomic E-state index is 12.7. The van der Waals surface area contributed by atoms with Crippen molar-refractivity contribution >= 4 is 39.4 Å². The predicted molar refractivity (Wildman–Crippen MR) is 121 cm³/mol. The number of amides is 1. The maximum Gasteiger partial charge on any atom is 0.227 e. The van der Waals surface area contributed by atoms with E-state index < -0.39 is 0 Å². The molecule has 29 heavy (non-hydrogen) atoms. The van der Waals surface area contributed by atoms with Crippen molar-refractivity contribution in [3.8, 4) is 16.3 Å². The summed E-state index contributed by atoms with van der Waals surface area (Å²) in [6.45, 7) is 4.48.